The number of carbonyl (C=O) groups is 4. The molecule has 3 aliphatic rings. The van der Waals surface area contributed by atoms with Gasteiger partial charge in [-0.25, -0.2) is 9.10 Å². The summed E-state index contributed by atoms with van der Waals surface area (Å²) in [5, 5.41) is 2.90. The maximum atomic E-state index is 12.8. The molecule has 0 aliphatic carbocycles. The van der Waals surface area contributed by atoms with Crippen molar-refractivity contribution in [2.45, 2.75) is 63.9 Å². The Morgan fingerprint density at radius 3 is 2.61 bits per heavy atom. The minimum Gasteiger partial charge on any atom is -0.444 e. The molecule has 1 aromatic rings. The van der Waals surface area contributed by atoms with Gasteiger partial charge < -0.3 is 19.9 Å². The Morgan fingerprint density at radius 1 is 1.22 bits per heavy atom. The summed E-state index contributed by atoms with van der Waals surface area (Å²) < 4.78 is 39.2. The summed E-state index contributed by atoms with van der Waals surface area (Å²) in [6, 6.07) is 1.30. The fourth-order valence-electron chi connectivity index (χ4n) is 4.74. The van der Waals surface area contributed by atoms with Gasteiger partial charge in [0.25, 0.3) is 17.7 Å². The van der Waals surface area contributed by atoms with Crippen LogP contribution in [0.25, 0.3) is 0 Å². The summed E-state index contributed by atoms with van der Waals surface area (Å²) in [7, 11) is -4.65. The number of nitrogens with zero attached hydrogens (tertiary/aromatic N) is 4. The van der Waals surface area contributed by atoms with Crippen molar-refractivity contribution in [3.63, 3.8) is 0 Å². The molecule has 0 aromatic carbocycles. The fourth-order valence-corrected chi connectivity index (χ4v) is 5.63. The molecule has 0 bridgehead atoms. The monoisotopic (exact) mass is 524 g/mol. The molecule has 13 nitrogen and oxygen atoms in total. The summed E-state index contributed by atoms with van der Waals surface area (Å²) in [6.07, 6.45) is 3.52. The third kappa shape index (κ3) is 5.28. The number of pyridine rings is 1. The van der Waals surface area contributed by atoms with Crippen molar-refractivity contribution in [2.75, 3.05) is 19.6 Å². The number of fused-ring (bicyclic) bond motifs is 1. The van der Waals surface area contributed by atoms with E-state index in [-0.39, 0.29) is 31.5 Å². The normalized spacial score (nSPS) is 23.8. The highest BCUT2D eigenvalue weighted by atomic mass is 32.2. The number of rotatable bonds is 5. The quantitative estimate of drug-likeness (QED) is 0.292. The number of β-lactam (4-membered cyclic amide) rings is 1. The van der Waals surface area contributed by atoms with Crippen LogP contribution in [0.1, 0.15) is 44.0 Å². The van der Waals surface area contributed by atoms with Gasteiger partial charge in [-0.2, -0.15) is 13.0 Å². The van der Waals surface area contributed by atoms with Gasteiger partial charge in [-0.3, -0.25) is 18.9 Å². The number of aromatic nitrogens is 1. The van der Waals surface area contributed by atoms with Crippen molar-refractivity contribution >= 4 is 34.1 Å². The predicted octanol–water partition coefficient (Wildman–Crippen LogP) is -0.672. The average Bonchev–Trinajstić information content (AvgIpc) is 3.36. The first-order valence-corrected chi connectivity index (χ1v) is 13.0. The summed E-state index contributed by atoms with van der Waals surface area (Å²) in [5.74, 6) is -1.59. The van der Waals surface area contributed by atoms with Crippen LogP contribution in [0.5, 0.6) is 0 Å². The van der Waals surface area contributed by atoms with E-state index in [1.165, 1.54) is 15.7 Å². The van der Waals surface area contributed by atoms with E-state index in [4.69, 9.17) is 4.74 Å². The van der Waals surface area contributed by atoms with Crippen molar-refractivity contribution in [1.29, 1.82) is 0 Å². The highest BCUT2D eigenvalue weighted by Gasteiger charge is 2.60. The smallest absolute Gasteiger partial charge is 0.410 e. The van der Waals surface area contributed by atoms with Gasteiger partial charge in [0.1, 0.15) is 17.2 Å². The van der Waals surface area contributed by atoms with Crippen LogP contribution in [0, 0.1) is 0 Å². The molecule has 196 valence electrons. The zero-order chi connectivity index (χ0) is 26.4. The number of nitrogens with one attached hydrogen (secondary N) is 1. The van der Waals surface area contributed by atoms with Gasteiger partial charge in [0.15, 0.2) is 12.4 Å². The van der Waals surface area contributed by atoms with Crippen LogP contribution >= 0.6 is 0 Å². The summed E-state index contributed by atoms with van der Waals surface area (Å²) in [5.41, 5.74) is -0.289. The van der Waals surface area contributed by atoms with E-state index < -0.39 is 45.9 Å². The van der Waals surface area contributed by atoms with Gasteiger partial charge in [-0.05, 0) is 39.7 Å². The van der Waals surface area contributed by atoms with Crippen molar-refractivity contribution in [1.82, 2.24) is 19.4 Å². The lowest BCUT2D eigenvalue weighted by Gasteiger charge is -2.42. The van der Waals surface area contributed by atoms with Crippen LogP contribution in [-0.2, 0) is 31.2 Å². The fraction of sp³-hybridized carbons (Fsp3) is 0.591. The minimum absolute atomic E-state index is 0.153. The van der Waals surface area contributed by atoms with E-state index in [1.807, 2.05) is 0 Å². The maximum absolute atomic E-state index is 12.8. The zero-order valence-electron chi connectivity index (χ0n) is 20.3. The first-order chi connectivity index (χ1) is 16.7. The Hall–Kier alpha value is -3.26. The molecule has 4 amide bonds. The summed E-state index contributed by atoms with van der Waals surface area (Å²) in [6.45, 7) is 6.19. The number of ether oxygens (including phenoxy) is 1. The van der Waals surface area contributed by atoms with E-state index in [9.17, 15) is 32.1 Å². The molecular weight excluding hydrogens is 494 g/mol. The molecular formula is C22H30N5O8S+. The molecule has 3 fully saturated rings. The second-order valence-corrected chi connectivity index (χ2v) is 11.4. The molecule has 2 N–H and O–H groups in total. The van der Waals surface area contributed by atoms with Crippen LogP contribution in [0.4, 0.5) is 4.79 Å². The van der Waals surface area contributed by atoms with Crippen molar-refractivity contribution in [2.24, 2.45) is 0 Å². The molecule has 1 aromatic heterocycles. The number of hydrogen-bond acceptors (Lipinski definition) is 7. The Balaban J connectivity index is 1.33. The number of carbonyl (C=O) groups excluding carboxylic acids is 4. The highest BCUT2D eigenvalue weighted by Crippen LogP contribution is 2.35. The van der Waals surface area contributed by atoms with Crippen molar-refractivity contribution in [3.8, 4) is 0 Å². The molecule has 4 rings (SSSR count). The molecule has 0 unspecified atom stereocenters. The molecule has 14 heteroatoms. The van der Waals surface area contributed by atoms with Gasteiger partial charge in [0.05, 0.1) is 6.04 Å². The van der Waals surface area contributed by atoms with E-state index in [0.29, 0.717) is 29.4 Å². The van der Waals surface area contributed by atoms with Gasteiger partial charge in [-0.1, -0.05) is 0 Å². The lowest BCUT2D eigenvalue weighted by atomic mass is 10.0. The molecule has 3 saturated heterocycles. The van der Waals surface area contributed by atoms with Gasteiger partial charge in [0.2, 0.25) is 6.54 Å². The molecule has 0 spiro atoms. The lowest BCUT2D eigenvalue weighted by molar-refractivity contribution is -0.685. The molecule has 0 radical (unpaired) electrons. The van der Waals surface area contributed by atoms with Crippen LogP contribution in [0.3, 0.4) is 0 Å². The molecule has 36 heavy (non-hydrogen) atoms. The van der Waals surface area contributed by atoms with Crippen molar-refractivity contribution < 1.29 is 41.5 Å². The Labute approximate surface area is 208 Å². The predicted molar refractivity (Wildman–Crippen MR) is 123 cm³/mol. The van der Waals surface area contributed by atoms with Gasteiger partial charge in [0, 0.05) is 31.7 Å². The van der Waals surface area contributed by atoms with Crippen molar-refractivity contribution in [3.05, 3.63) is 30.1 Å². The lowest BCUT2D eigenvalue weighted by Crippen LogP contribution is -2.68. The SMILES string of the molecule is CC(C)(C)OC(=O)N1CC[C@H](NC(=O)c2ccc[n+](CC(=O)N3CC[C@@H]4[C@H]3C(=O)N4S(=O)(=O)O)c2)C1. The molecule has 3 aliphatic heterocycles. The number of hydrogen-bond donors (Lipinski definition) is 2. The molecule has 0 saturated carbocycles. The average molecular weight is 525 g/mol. The topological polar surface area (TPSA) is 158 Å². The van der Waals surface area contributed by atoms with Crippen LogP contribution in [0.2, 0.25) is 0 Å². The van der Waals surface area contributed by atoms with E-state index >= 15 is 0 Å². The third-order valence-corrected chi connectivity index (χ3v) is 7.27. The number of likely N-dealkylation sites (tertiary alicyclic amines) is 2. The Kier molecular flexibility index (Phi) is 6.68. The Morgan fingerprint density at radius 2 is 1.94 bits per heavy atom. The van der Waals surface area contributed by atoms with E-state index in [2.05, 4.69) is 5.32 Å². The van der Waals surface area contributed by atoms with Gasteiger partial charge in [-0.15, -0.1) is 0 Å². The summed E-state index contributed by atoms with van der Waals surface area (Å²) >= 11 is 0. The second kappa shape index (κ2) is 9.32. The molecule has 4 heterocycles. The largest absolute Gasteiger partial charge is 0.444 e. The van der Waals surface area contributed by atoms with Crippen LogP contribution < -0.4 is 9.88 Å². The van der Waals surface area contributed by atoms with E-state index in [1.54, 1.807) is 44.0 Å². The summed E-state index contributed by atoms with van der Waals surface area (Å²) in [4.78, 5) is 52.9. The first-order valence-electron chi connectivity index (χ1n) is 11.6. The van der Waals surface area contributed by atoms with E-state index in [0.717, 1.165) is 0 Å². The minimum atomic E-state index is -4.65. The Bertz CT molecular complexity index is 1200. The van der Waals surface area contributed by atoms with Gasteiger partial charge >= 0.3 is 16.4 Å². The zero-order valence-corrected chi connectivity index (χ0v) is 21.1. The first kappa shape index (κ1) is 25.8. The maximum Gasteiger partial charge on any atom is 0.410 e. The second-order valence-electron chi connectivity index (χ2n) is 10.2. The third-order valence-electron chi connectivity index (χ3n) is 6.32. The number of amides is 4. The van der Waals surface area contributed by atoms with Crippen LogP contribution in [-0.4, -0.2) is 94.3 Å². The standard InChI is InChI=1S/C22H29N5O8S/c1-22(2,3)35-21(31)25-9-6-15(12-25)23-19(29)14-5-4-8-24(11-14)13-17(28)26-10-7-16-18(26)20(30)27(16)36(32,33)34/h4-5,8,11,15-16,18H,6-7,9-10,12-13H2,1-3H3,(H-,23,29,32,33,34)/p+1/t15-,16+,18-/m0/s1. The molecule has 3 atom stereocenters. The highest BCUT2D eigenvalue weighted by molar-refractivity contribution is 7.84. The van der Waals surface area contributed by atoms with Crippen LogP contribution in [0.15, 0.2) is 24.5 Å².